The highest BCUT2D eigenvalue weighted by molar-refractivity contribution is 6.31. The molecule has 0 aliphatic heterocycles. The molecule has 3 aromatic carbocycles. The first-order valence-electron chi connectivity index (χ1n) is 11.5. The highest BCUT2D eigenvalue weighted by atomic mass is 35.5. The summed E-state index contributed by atoms with van der Waals surface area (Å²) in [6.45, 7) is 10.9. The van der Waals surface area contributed by atoms with Crippen LogP contribution in [0.15, 0.2) is 66.7 Å². The first kappa shape index (κ1) is 17.6. The average molecular weight is 409 g/mol. The van der Waals surface area contributed by atoms with E-state index in [2.05, 4.69) is 95.0 Å². The van der Waals surface area contributed by atoms with E-state index in [1.54, 1.807) is 6.07 Å². The molecule has 29 heavy (non-hydrogen) atoms. The molecule has 0 aromatic heterocycles. The van der Waals surface area contributed by atoms with Crippen LogP contribution in [0.4, 0.5) is 17.1 Å². The highest BCUT2D eigenvalue weighted by Crippen LogP contribution is 2.38. The minimum atomic E-state index is -2.24. The smallest absolute Gasteiger partial charge is 0.0479 e. The third kappa shape index (κ3) is 5.03. The average Bonchev–Trinajstić information content (AvgIpc) is 2.66. The number of nitrogens with zero attached hydrogens (tertiary/aromatic N) is 1. The van der Waals surface area contributed by atoms with E-state index in [4.69, 9.17) is 15.7 Å². The van der Waals surface area contributed by atoms with Crippen molar-refractivity contribution in [1.82, 2.24) is 0 Å². The third-order valence-corrected chi connectivity index (χ3v) is 5.34. The van der Waals surface area contributed by atoms with E-state index in [0.29, 0.717) is 5.02 Å². The molecule has 152 valence electrons. The molecule has 0 heterocycles. The predicted octanol–water partition coefficient (Wildman–Crippen LogP) is 8.71. The van der Waals surface area contributed by atoms with Crippen molar-refractivity contribution in [1.29, 1.82) is 0 Å². The normalized spacial score (nSPS) is 14.1. The molecule has 0 saturated carbocycles. The van der Waals surface area contributed by atoms with Gasteiger partial charge in [0.05, 0.1) is 0 Å². The number of anilines is 3. The van der Waals surface area contributed by atoms with Crippen LogP contribution >= 0.6 is 11.6 Å². The van der Waals surface area contributed by atoms with Crippen LogP contribution in [-0.2, 0) is 10.8 Å². The lowest BCUT2D eigenvalue weighted by molar-refractivity contribution is 0.590. The largest absolute Gasteiger partial charge is 0.310 e. The molecule has 0 aliphatic rings. The Hall–Kier alpha value is -2.25. The summed E-state index contributed by atoms with van der Waals surface area (Å²) >= 11 is 6.37. The zero-order valence-corrected chi connectivity index (χ0v) is 18.9. The van der Waals surface area contributed by atoms with Gasteiger partial charge in [-0.25, -0.2) is 0 Å². The lowest BCUT2D eigenvalue weighted by Gasteiger charge is -2.28. The maximum Gasteiger partial charge on any atom is 0.0479 e. The second kappa shape index (κ2) is 7.88. The minimum absolute atomic E-state index is 0.0439. The van der Waals surface area contributed by atoms with Gasteiger partial charge in [-0.2, -0.15) is 0 Å². The van der Waals surface area contributed by atoms with Gasteiger partial charge in [0.25, 0.3) is 0 Å². The lowest BCUT2D eigenvalue weighted by Crippen LogP contribution is -2.14. The molecule has 0 spiro atoms. The molecule has 2 heteroatoms. The third-order valence-electron chi connectivity index (χ3n) is 5.12. The molecule has 3 aromatic rings. The van der Waals surface area contributed by atoms with Gasteiger partial charge in [-0.05, 0) is 76.8 Å². The number of rotatable bonds is 3. The number of aryl methyl sites for hydroxylation is 1. The molecule has 0 unspecified atom stereocenters. The van der Waals surface area contributed by atoms with Gasteiger partial charge < -0.3 is 4.90 Å². The van der Waals surface area contributed by atoms with E-state index in [1.807, 2.05) is 6.07 Å². The van der Waals surface area contributed by atoms with Gasteiger partial charge in [-0.1, -0.05) is 77.4 Å². The topological polar surface area (TPSA) is 3.24 Å². The van der Waals surface area contributed by atoms with Crippen LogP contribution in [0.2, 0.25) is 5.02 Å². The maximum atomic E-state index is 7.87. The van der Waals surface area contributed by atoms with Crippen LogP contribution in [0, 0.1) is 6.85 Å². The zero-order chi connectivity index (χ0) is 23.9. The summed E-state index contributed by atoms with van der Waals surface area (Å²) < 4.78 is 23.6. The number of hydrogen-bond acceptors (Lipinski definition) is 1. The lowest BCUT2D eigenvalue weighted by atomic mass is 9.86. The summed E-state index contributed by atoms with van der Waals surface area (Å²) in [6.07, 6.45) is 0. The molecule has 0 amide bonds. The molecule has 0 radical (unpaired) electrons. The second-order valence-electron chi connectivity index (χ2n) is 9.63. The Balaban J connectivity index is 2.18. The molecule has 0 N–H and O–H groups in total. The Bertz CT molecular complexity index is 1010. The molecular formula is C27H32ClN. The van der Waals surface area contributed by atoms with Crippen LogP contribution in [0.5, 0.6) is 0 Å². The Labute approximate surface area is 185 Å². The second-order valence-corrected chi connectivity index (χ2v) is 10.1. The van der Waals surface area contributed by atoms with Gasteiger partial charge in [-0.3, -0.25) is 0 Å². The van der Waals surface area contributed by atoms with Crippen molar-refractivity contribution in [2.24, 2.45) is 0 Å². The maximum absolute atomic E-state index is 7.87. The molecule has 3 rings (SSSR count). The van der Waals surface area contributed by atoms with Gasteiger partial charge in [0.2, 0.25) is 0 Å². The zero-order valence-electron chi connectivity index (χ0n) is 21.2. The first-order valence-corrected chi connectivity index (χ1v) is 10.4. The molecule has 0 bridgehead atoms. The van der Waals surface area contributed by atoms with Crippen LogP contribution in [0.1, 0.15) is 62.3 Å². The van der Waals surface area contributed by atoms with Crippen molar-refractivity contribution in [2.75, 3.05) is 4.90 Å². The fourth-order valence-electron chi connectivity index (χ4n) is 3.37. The Morgan fingerprint density at radius 2 is 1.10 bits per heavy atom. The SMILES string of the molecule is [2H]C([2H])([2H])c1cc(Cl)cc(N(c2ccc(C(C)(C)C)cc2)c2ccc(C(C)(C)C)cc2)c1. The highest BCUT2D eigenvalue weighted by Gasteiger charge is 2.18. The fraction of sp³-hybridized carbons (Fsp3) is 0.333. The predicted molar refractivity (Wildman–Crippen MR) is 128 cm³/mol. The van der Waals surface area contributed by atoms with Crippen LogP contribution in [0.25, 0.3) is 0 Å². The van der Waals surface area contributed by atoms with E-state index in [9.17, 15) is 0 Å². The summed E-state index contributed by atoms with van der Waals surface area (Å²) in [5.74, 6) is 0. The molecule has 0 aliphatic carbocycles. The van der Waals surface area contributed by atoms with Gasteiger partial charge in [0.15, 0.2) is 0 Å². The van der Waals surface area contributed by atoms with Crippen molar-refractivity contribution >= 4 is 28.7 Å². The Morgan fingerprint density at radius 3 is 1.48 bits per heavy atom. The van der Waals surface area contributed by atoms with Crippen molar-refractivity contribution in [3.8, 4) is 0 Å². The first-order chi connectivity index (χ1) is 14.7. The minimum Gasteiger partial charge on any atom is -0.310 e. The van der Waals surface area contributed by atoms with E-state index in [-0.39, 0.29) is 16.4 Å². The molecule has 0 saturated heterocycles. The van der Waals surface area contributed by atoms with Crippen molar-refractivity contribution in [3.05, 3.63) is 88.4 Å². The molecule has 0 fully saturated rings. The fourth-order valence-corrected chi connectivity index (χ4v) is 3.60. The van der Waals surface area contributed by atoms with Crippen LogP contribution < -0.4 is 4.90 Å². The van der Waals surface area contributed by atoms with E-state index in [1.165, 1.54) is 17.2 Å². The Morgan fingerprint density at radius 1 is 0.655 bits per heavy atom. The number of halogens is 1. The van der Waals surface area contributed by atoms with Gasteiger partial charge in [0.1, 0.15) is 0 Å². The summed E-state index contributed by atoms with van der Waals surface area (Å²) in [5.41, 5.74) is 5.39. The molecule has 1 nitrogen and oxygen atoms in total. The summed E-state index contributed by atoms with van der Waals surface area (Å²) in [4.78, 5) is 2.06. The van der Waals surface area contributed by atoms with Crippen LogP contribution in [-0.4, -0.2) is 0 Å². The quantitative estimate of drug-likeness (QED) is 0.418. The Kier molecular flexibility index (Phi) is 4.78. The van der Waals surface area contributed by atoms with Crippen molar-refractivity contribution < 1.29 is 4.11 Å². The van der Waals surface area contributed by atoms with Crippen LogP contribution in [0.3, 0.4) is 0 Å². The number of benzene rings is 3. The van der Waals surface area contributed by atoms with E-state index in [0.717, 1.165) is 17.1 Å². The van der Waals surface area contributed by atoms with Gasteiger partial charge >= 0.3 is 0 Å². The standard InChI is InChI=1S/C27H32ClN/c1-19-16-22(28)18-25(17-19)29(23-12-8-20(9-13-23)26(2,3)4)24-14-10-21(11-15-24)27(5,6)7/h8-18H,1-7H3/i1D3. The molecule has 0 atom stereocenters. The summed E-state index contributed by atoms with van der Waals surface area (Å²) in [5, 5.41) is 0.399. The van der Waals surface area contributed by atoms with Gasteiger partial charge in [0, 0.05) is 26.2 Å². The van der Waals surface area contributed by atoms with E-state index < -0.39 is 6.85 Å². The monoisotopic (exact) mass is 408 g/mol. The molecular weight excluding hydrogens is 374 g/mol. The van der Waals surface area contributed by atoms with Crippen molar-refractivity contribution in [2.45, 2.75) is 59.2 Å². The van der Waals surface area contributed by atoms with E-state index >= 15 is 0 Å². The van der Waals surface area contributed by atoms with Crippen molar-refractivity contribution in [3.63, 3.8) is 0 Å². The number of hydrogen-bond donors (Lipinski definition) is 0. The van der Waals surface area contributed by atoms with Gasteiger partial charge in [-0.15, -0.1) is 0 Å². The summed E-state index contributed by atoms with van der Waals surface area (Å²) in [7, 11) is 0. The summed E-state index contributed by atoms with van der Waals surface area (Å²) in [6, 6.07) is 21.8.